The summed E-state index contributed by atoms with van der Waals surface area (Å²) in [6.45, 7) is 0. The molecule has 0 saturated heterocycles. The van der Waals surface area contributed by atoms with Gasteiger partial charge in [-0.1, -0.05) is 60.4 Å². The minimum Gasteiger partial charge on any atom is -0.508 e. The van der Waals surface area contributed by atoms with Gasteiger partial charge in [-0.3, -0.25) is 4.79 Å². The van der Waals surface area contributed by atoms with E-state index in [1.165, 1.54) is 0 Å². The second kappa shape index (κ2) is 9.44. The molecular formula is C34H22O5. The molecule has 0 aliphatic heterocycles. The number of hydrogen-bond acceptors (Lipinski definition) is 4. The maximum atomic E-state index is 12.7. The third-order valence-corrected chi connectivity index (χ3v) is 7.00. The Morgan fingerprint density at radius 1 is 0.615 bits per heavy atom. The number of hydrogen-bond donors (Lipinski definition) is 4. The van der Waals surface area contributed by atoms with Crippen molar-refractivity contribution < 1.29 is 25.2 Å². The number of carboxylic acid groups (broad SMARTS) is 1. The fraction of sp³-hybridized carbons (Fsp3) is 0.0294. The van der Waals surface area contributed by atoms with E-state index in [9.17, 15) is 25.2 Å². The first-order valence-electron chi connectivity index (χ1n) is 12.3. The highest BCUT2D eigenvalue weighted by Gasteiger charge is 2.37. The van der Waals surface area contributed by atoms with Crippen LogP contribution >= 0.6 is 0 Å². The summed E-state index contributed by atoms with van der Waals surface area (Å²) in [4.78, 5) is 12.7. The summed E-state index contributed by atoms with van der Waals surface area (Å²) in [5.41, 5.74) is 7.29. The van der Waals surface area contributed by atoms with E-state index in [0.717, 1.165) is 33.4 Å². The summed E-state index contributed by atoms with van der Waals surface area (Å²) in [6.07, 6.45) is 0. The van der Waals surface area contributed by atoms with Crippen LogP contribution in [0.25, 0.3) is 33.4 Å². The Morgan fingerprint density at radius 2 is 1.18 bits per heavy atom. The Hall–Kier alpha value is -5.47. The molecule has 0 radical (unpaired) electrons. The van der Waals surface area contributed by atoms with E-state index in [-0.39, 0.29) is 17.2 Å². The van der Waals surface area contributed by atoms with Crippen LogP contribution in [0.5, 0.6) is 17.2 Å². The SMILES string of the molecule is O=C(O)C1c2ccccc2-c2cc(-c3ccc(O)cc3)c(-c3ccc(O)cc3)c(C#Cc3ccc(O)cc3)c21. The van der Waals surface area contributed by atoms with E-state index in [2.05, 4.69) is 11.8 Å². The van der Waals surface area contributed by atoms with Crippen molar-refractivity contribution >= 4 is 5.97 Å². The van der Waals surface area contributed by atoms with Gasteiger partial charge in [0.1, 0.15) is 23.2 Å². The normalized spacial score (nSPS) is 13.2. The van der Waals surface area contributed by atoms with Gasteiger partial charge in [0.05, 0.1) is 0 Å². The number of phenols is 3. The predicted octanol–water partition coefficient (Wildman–Crippen LogP) is 6.73. The lowest BCUT2D eigenvalue weighted by Gasteiger charge is -2.19. The molecule has 5 aromatic rings. The second-order valence-corrected chi connectivity index (χ2v) is 9.38. The maximum Gasteiger partial charge on any atom is 0.315 e. The molecule has 0 bridgehead atoms. The molecule has 0 spiro atoms. The minimum atomic E-state index is -0.970. The Kier molecular flexibility index (Phi) is 5.79. The van der Waals surface area contributed by atoms with Crippen molar-refractivity contribution in [3.8, 4) is 62.5 Å². The number of aliphatic carboxylic acids is 1. The van der Waals surface area contributed by atoms with Gasteiger partial charge in [-0.2, -0.15) is 0 Å². The molecule has 0 fully saturated rings. The van der Waals surface area contributed by atoms with Gasteiger partial charge in [0, 0.05) is 16.7 Å². The first kappa shape index (κ1) is 23.9. The van der Waals surface area contributed by atoms with Crippen LogP contribution in [0.3, 0.4) is 0 Å². The van der Waals surface area contributed by atoms with Gasteiger partial charge in [-0.05, 0) is 93.5 Å². The lowest BCUT2D eigenvalue weighted by atomic mass is 9.83. The molecule has 5 heteroatoms. The molecule has 0 saturated carbocycles. The van der Waals surface area contributed by atoms with E-state index in [1.54, 1.807) is 60.7 Å². The molecule has 39 heavy (non-hydrogen) atoms. The van der Waals surface area contributed by atoms with Gasteiger partial charge in [-0.15, -0.1) is 0 Å². The molecule has 4 N–H and O–H groups in total. The number of benzene rings is 5. The van der Waals surface area contributed by atoms with Crippen LogP contribution in [0.2, 0.25) is 0 Å². The molecule has 0 aromatic heterocycles. The molecule has 6 rings (SSSR count). The van der Waals surface area contributed by atoms with Crippen molar-refractivity contribution in [1.29, 1.82) is 0 Å². The average Bonchev–Trinajstić information content (AvgIpc) is 3.28. The van der Waals surface area contributed by atoms with Crippen LogP contribution < -0.4 is 0 Å². The first-order valence-corrected chi connectivity index (χ1v) is 12.3. The molecule has 5 nitrogen and oxygen atoms in total. The first-order chi connectivity index (χ1) is 18.9. The van der Waals surface area contributed by atoms with Crippen LogP contribution in [-0.4, -0.2) is 26.4 Å². The Balaban J connectivity index is 1.74. The van der Waals surface area contributed by atoms with Crippen molar-refractivity contribution in [2.75, 3.05) is 0 Å². The van der Waals surface area contributed by atoms with Crippen LogP contribution in [0.1, 0.15) is 28.2 Å². The van der Waals surface area contributed by atoms with Crippen molar-refractivity contribution in [3.63, 3.8) is 0 Å². The van der Waals surface area contributed by atoms with Gasteiger partial charge >= 0.3 is 5.97 Å². The summed E-state index contributed by atoms with van der Waals surface area (Å²) in [5, 5.41) is 40.1. The van der Waals surface area contributed by atoms with Gasteiger partial charge in [-0.25, -0.2) is 0 Å². The molecule has 1 unspecified atom stereocenters. The lowest BCUT2D eigenvalue weighted by molar-refractivity contribution is -0.137. The highest BCUT2D eigenvalue weighted by Crippen LogP contribution is 2.51. The fourth-order valence-corrected chi connectivity index (χ4v) is 5.23. The number of fused-ring (bicyclic) bond motifs is 3. The van der Waals surface area contributed by atoms with Gasteiger partial charge in [0.25, 0.3) is 0 Å². The predicted molar refractivity (Wildman–Crippen MR) is 150 cm³/mol. The van der Waals surface area contributed by atoms with E-state index < -0.39 is 11.9 Å². The van der Waals surface area contributed by atoms with Crippen LogP contribution in [-0.2, 0) is 4.79 Å². The standard InChI is InChI=1S/C34H22O5/c35-23-12-5-20(6-13-23)7-18-28-31(22-10-16-25(37)17-11-22)29(21-8-14-24(36)15-9-21)19-30-26-3-1-2-4-27(26)33(32(28)30)34(38)39/h1-6,8-17,19,33,35-37H,(H,38,39). The third kappa shape index (κ3) is 4.24. The minimum absolute atomic E-state index is 0.110. The Bertz CT molecular complexity index is 1790. The topological polar surface area (TPSA) is 98.0 Å². The highest BCUT2D eigenvalue weighted by molar-refractivity contribution is 6.01. The summed E-state index contributed by atoms with van der Waals surface area (Å²) in [6, 6.07) is 29.6. The smallest absolute Gasteiger partial charge is 0.315 e. The molecule has 0 amide bonds. The third-order valence-electron chi connectivity index (χ3n) is 7.00. The van der Waals surface area contributed by atoms with Crippen LogP contribution in [0, 0.1) is 11.8 Å². The number of rotatable bonds is 3. The molecule has 0 heterocycles. The Labute approximate surface area is 224 Å². The quantitative estimate of drug-likeness (QED) is 0.202. The molecule has 1 aliphatic carbocycles. The fourth-order valence-electron chi connectivity index (χ4n) is 5.23. The van der Waals surface area contributed by atoms with Crippen molar-refractivity contribution in [3.05, 3.63) is 125 Å². The summed E-state index contributed by atoms with van der Waals surface area (Å²) in [5.74, 6) is 4.96. The molecule has 188 valence electrons. The zero-order valence-electron chi connectivity index (χ0n) is 20.6. The molecule has 1 atom stereocenters. The van der Waals surface area contributed by atoms with Crippen LogP contribution in [0.15, 0.2) is 103 Å². The van der Waals surface area contributed by atoms with Gasteiger partial charge < -0.3 is 20.4 Å². The number of aromatic hydroxyl groups is 3. The average molecular weight is 511 g/mol. The molecule has 5 aromatic carbocycles. The van der Waals surface area contributed by atoms with Gasteiger partial charge in [0.2, 0.25) is 0 Å². The van der Waals surface area contributed by atoms with E-state index in [1.807, 2.05) is 42.5 Å². The molecule has 1 aliphatic rings. The zero-order valence-corrected chi connectivity index (χ0v) is 20.6. The van der Waals surface area contributed by atoms with Crippen molar-refractivity contribution in [1.82, 2.24) is 0 Å². The number of carboxylic acids is 1. The highest BCUT2D eigenvalue weighted by atomic mass is 16.4. The summed E-state index contributed by atoms with van der Waals surface area (Å²) >= 11 is 0. The number of phenolic OH excluding ortho intramolecular Hbond substituents is 3. The van der Waals surface area contributed by atoms with E-state index >= 15 is 0 Å². The van der Waals surface area contributed by atoms with Crippen molar-refractivity contribution in [2.24, 2.45) is 0 Å². The van der Waals surface area contributed by atoms with Crippen LogP contribution in [0.4, 0.5) is 0 Å². The van der Waals surface area contributed by atoms with E-state index in [4.69, 9.17) is 0 Å². The van der Waals surface area contributed by atoms with E-state index in [0.29, 0.717) is 22.3 Å². The largest absolute Gasteiger partial charge is 0.508 e. The lowest BCUT2D eigenvalue weighted by Crippen LogP contribution is -2.12. The summed E-state index contributed by atoms with van der Waals surface area (Å²) in [7, 11) is 0. The number of carbonyl (C=O) groups is 1. The second-order valence-electron chi connectivity index (χ2n) is 9.38. The Morgan fingerprint density at radius 3 is 1.79 bits per heavy atom. The zero-order chi connectivity index (χ0) is 27.1. The molecular weight excluding hydrogens is 488 g/mol. The van der Waals surface area contributed by atoms with Gasteiger partial charge in [0.15, 0.2) is 0 Å². The monoisotopic (exact) mass is 510 g/mol. The van der Waals surface area contributed by atoms with Crippen molar-refractivity contribution in [2.45, 2.75) is 5.92 Å². The maximum absolute atomic E-state index is 12.7. The summed E-state index contributed by atoms with van der Waals surface area (Å²) < 4.78 is 0.